The van der Waals surface area contributed by atoms with Crippen molar-refractivity contribution in [3.8, 4) is 5.75 Å². The van der Waals surface area contributed by atoms with Crippen LogP contribution in [-0.2, 0) is 18.0 Å². The molecule has 0 bridgehead atoms. The van der Waals surface area contributed by atoms with E-state index in [1.54, 1.807) is 24.3 Å². The molecule has 0 aliphatic rings. The predicted molar refractivity (Wildman–Crippen MR) is 81.7 cm³/mol. The topological polar surface area (TPSA) is 87.6 Å². The predicted octanol–water partition coefficient (Wildman–Crippen LogP) is 2.04. The van der Waals surface area contributed by atoms with Gasteiger partial charge in [-0.15, -0.1) is 0 Å². The van der Waals surface area contributed by atoms with Crippen LogP contribution in [0.2, 0.25) is 0 Å². The Labute approximate surface area is 124 Å². The summed E-state index contributed by atoms with van der Waals surface area (Å²) in [4.78, 5) is 19.5. The molecular weight excluding hydrogens is 268 g/mol. The van der Waals surface area contributed by atoms with E-state index in [9.17, 15) is 4.79 Å². The molecule has 5 nitrogen and oxygen atoms in total. The molecule has 5 heteroatoms. The molecule has 21 heavy (non-hydrogen) atoms. The molecule has 0 fully saturated rings. The third-order valence-corrected chi connectivity index (χ3v) is 2.71. The van der Waals surface area contributed by atoms with Gasteiger partial charge < -0.3 is 16.4 Å². The van der Waals surface area contributed by atoms with Crippen LogP contribution in [0.3, 0.4) is 0 Å². The molecule has 4 N–H and O–H groups in total. The van der Waals surface area contributed by atoms with Crippen molar-refractivity contribution in [2.24, 2.45) is 11.5 Å². The second-order valence-electron chi connectivity index (χ2n) is 4.13. The highest BCUT2D eigenvalue weighted by atomic mass is 17.2. The molecule has 2 aromatic carbocycles. The summed E-state index contributed by atoms with van der Waals surface area (Å²) < 4.78 is 0. The summed E-state index contributed by atoms with van der Waals surface area (Å²) in [5.74, 6) is 0.435. The van der Waals surface area contributed by atoms with Crippen LogP contribution in [0.5, 0.6) is 5.75 Å². The van der Waals surface area contributed by atoms with Crippen molar-refractivity contribution >= 4 is 6.29 Å². The first-order valence-electron chi connectivity index (χ1n) is 6.48. The standard InChI is InChI=1S/C8H12N2.C8H8O3/c9-5-7-1-2-8(6-10)4-3-7;1-10-11-8-5-3-2-4-7(8)6-9/h1-4H,5-6,9-10H2;2-6H,1H3. The van der Waals surface area contributed by atoms with Gasteiger partial charge in [-0.2, -0.15) is 4.89 Å². The third kappa shape index (κ3) is 5.74. The van der Waals surface area contributed by atoms with Gasteiger partial charge in [0.1, 0.15) is 0 Å². The Morgan fingerprint density at radius 3 is 1.90 bits per heavy atom. The van der Waals surface area contributed by atoms with Crippen LogP contribution in [0.1, 0.15) is 21.5 Å². The number of hydrogen-bond acceptors (Lipinski definition) is 5. The van der Waals surface area contributed by atoms with Gasteiger partial charge in [0.05, 0.1) is 12.7 Å². The maximum absolute atomic E-state index is 10.4. The van der Waals surface area contributed by atoms with Crippen molar-refractivity contribution in [2.75, 3.05) is 7.11 Å². The van der Waals surface area contributed by atoms with Gasteiger partial charge >= 0.3 is 0 Å². The Hall–Kier alpha value is -2.21. The molecule has 2 rings (SSSR count). The first kappa shape index (κ1) is 16.8. The number of benzene rings is 2. The Morgan fingerprint density at radius 1 is 0.952 bits per heavy atom. The average Bonchev–Trinajstić information content (AvgIpc) is 2.56. The number of nitrogens with two attached hydrogens (primary N) is 2. The summed E-state index contributed by atoms with van der Waals surface area (Å²) >= 11 is 0. The van der Waals surface area contributed by atoms with Crippen LogP contribution in [0.25, 0.3) is 0 Å². The van der Waals surface area contributed by atoms with E-state index in [2.05, 4.69) is 4.89 Å². The van der Waals surface area contributed by atoms with Gasteiger partial charge in [0, 0.05) is 13.1 Å². The minimum absolute atomic E-state index is 0.435. The first-order chi connectivity index (χ1) is 10.2. The number of rotatable bonds is 5. The minimum Gasteiger partial charge on any atom is -0.337 e. The fraction of sp³-hybridized carbons (Fsp3) is 0.188. The van der Waals surface area contributed by atoms with Crippen LogP contribution >= 0.6 is 0 Å². The third-order valence-electron chi connectivity index (χ3n) is 2.71. The molecule has 0 amide bonds. The lowest BCUT2D eigenvalue weighted by molar-refractivity contribution is -0.178. The van der Waals surface area contributed by atoms with Crippen LogP contribution in [-0.4, -0.2) is 13.4 Å². The quantitative estimate of drug-likeness (QED) is 0.499. The van der Waals surface area contributed by atoms with Gasteiger partial charge in [0.25, 0.3) is 0 Å². The Morgan fingerprint density at radius 2 is 1.48 bits per heavy atom. The largest absolute Gasteiger partial charge is 0.337 e. The zero-order valence-corrected chi connectivity index (χ0v) is 12.0. The molecule has 2 aromatic rings. The number of carbonyl (C=O) groups excluding carboxylic acids is 1. The Bertz CT molecular complexity index is 518. The van der Waals surface area contributed by atoms with E-state index in [-0.39, 0.29) is 0 Å². The molecule has 0 saturated heterocycles. The normalized spacial score (nSPS) is 9.48. The SMILES string of the molecule is COOc1ccccc1C=O.NCc1ccc(CN)cc1. The zero-order valence-electron chi connectivity index (χ0n) is 12.0. The molecule has 0 radical (unpaired) electrons. The van der Waals surface area contributed by atoms with Crippen LogP contribution in [0, 0.1) is 0 Å². The van der Waals surface area contributed by atoms with Gasteiger partial charge in [-0.25, -0.2) is 0 Å². The lowest BCUT2D eigenvalue weighted by Crippen LogP contribution is -1.98. The Kier molecular flexibility index (Phi) is 7.74. The molecule has 112 valence electrons. The van der Waals surface area contributed by atoms with Crippen molar-refractivity contribution in [1.82, 2.24) is 0 Å². The lowest BCUT2D eigenvalue weighted by atomic mass is 10.1. The van der Waals surface area contributed by atoms with Gasteiger partial charge in [-0.3, -0.25) is 4.79 Å². The molecule has 0 aliphatic carbocycles. The average molecular weight is 288 g/mol. The summed E-state index contributed by atoms with van der Waals surface area (Å²) in [5, 5.41) is 0. The van der Waals surface area contributed by atoms with E-state index in [4.69, 9.17) is 16.4 Å². The van der Waals surface area contributed by atoms with Crippen LogP contribution in [0.15, 0.2) is 48.5 Å². The second kappa shape index (κ2) is 9.66. The maximum Gasteiger partial charge on any atom is 0.175 e. The van der Waals surface area contributed by atoms with Crippen molar-refractivity contribution < 1.29 is 14.6 Å². The van der Waals surface area contributed by atoms with E-state index in [0.717, 1.165) is 11.1 Å². The van der Waals surface area contributed by atoms with Gasteiger partial charge in [-0.05, 0) is 23.3 Å². The number of carbonyl (C=O) groups is 1. The van der Waals surface area contributed by atoms with Crippen molar-refractivity contribution in [2.45, 2.75) is 13.1 Å². The van der Waals surface area contributed by atoms with Gasteiger partial charge in [-0.1, -0.05) is 36.4 Å². The van der Waals surface area contributed by atoms with E-state index in [0.29, 0.717) is 30.7 Å². The Balaban J connectivity index is 0.000000211. The fourth-order valence-electron chi connectivity index (χ4n) is 1.55. The van der Waals surface area contributed by atoms with Crippen molar-refractivity contribution in [1.29, 1.82) is 0 Å². The summed E-state index contributed by atoms with van der Waals surface area (Å²) in [6.45, 7) is 1.20. The molecule has 0 spiro atoms. The number of hydrogen-bond donors (Lipinski definition) is 2. The molecule has 0 heterocycles. The molecule has 0 saturated carbocycles. The van der Waals surface area contributed by atoms with Crippen LogP contribution in [0.4, 0.5) is 0 Å². The summed E-state index contributed by atoms with van der Waals surface area (Å²) in [6, 6.07) is 14.8. The lowest BCUT2D eigenvalue weighted by Gasteiger charge is -2.01. The second-order valence-corrected chi connectivity index (χ2v) is 4.13. The maximum atomic E-state index is 10.4. The highest BCUT2D eigenvalue weighted by Gasteiger charge is 1.99. The van der Waals surface area contributed by atoms with E-state index in [1.165, 1.54) is 7.11 Å². The molecule has 0 atom stereocenters. The summed E-state index contributed by atoms with van der Waals surface area (Å²) in [5.41, 5.74) is 13.6. The van der Waals surface area contributed by atoms with E-state index >= 15 is 0 Å². The molecule has 0 aliphatic heterocycles. The summed E-state index contributed by atoms with van der Waals surface area (Å²) in [7, 11) is 1.39. The zero-order chi connectivity index (χ0) is 15.5. The number of para-hydroxylation sites is 1. The first-order valence-corrected chi connectivity index (χ1v) is 6.48. The van der Waals surface area contributed by atoms with Crippen LogP contribution < -0.4 is 16.4 Å². The monoisotopic (exact) mass is 288 g/mol. The van der Waals surface area contributed by atoms with E-state index in [1.807, 2.05) is 24.3 Å². The van der Waals surface area contributed by atoms with Gasteiger partial charge in [0.2, 0.25) is 0 Å². The van der Waals surface area contributed by atoms with Crippen molar-refractivity contribution in [3.63, 3.8) is 0 Å². The van der Waals surface area contributed by atoms with Gasteiger partial charge in [0.15, 0.2) is 12.0 Å². The number of aldehydes is 1. The van der Waals surface area contributed by atoms with E-state index < -0.39 is 0 Å². The van der Waals surface area contributed by atoms with Crippen molar-refractivity contribution in [3.05, 3.63) is 65.2 Å². The highest BCUT2D eigenvalue weighted by Crippen LogP contribution is 2.14. The highest BCUT2D eigenvalue weighted by molar-refractivity contribution is 5.78. The fourth-order valence-corrected chi connectivity index (χ4v) is 1.55. The molecule has 0 aromatic heterocycles. The summed E-state index contributed by atoms with van der Waals surface area (Å²) in [6.07, 6.45) is 0.717. The molecule has 0 unspecified atom stereocenters. The molecular formula is C16H20N2O3. The smallest absolute Gasteiger partial charge is 0.175 e. The minimum atomic E-state index is 0.435.